The molecule has 1 fully saturated rings. The number of nitrogens with zero attached hydrogens (tertiary/aromatic N) is 1. The van der Waals surface area contributed by atoms with Crippen molar-refractivity contribution in [2.75, 3.05) is 19.7 Å². The van der Waals surface area contributed by atoms with Gasteiger partial charge in [0.2, 0.25) is 5.88 Å². The predicted octanol–water partition coefficient (Wildman–Crippen LogP) is 2.92. The van der Waals surface area contributed by atoms with Crippen LogP contribution in [0.5, 0.6) is 5.88 Å². The summed E-state index contributed by atoms with van der Waals surface area (Å²) in [6.07, 6.45) is 2.38. The van der Waals surface area contributed by atoms with Gasteiger partial charge in [-0.25, -0.2) is 4.98 Å². The van der Waals surface area contributed by atoms with Crippen LogP contribution < -0.4 is 10.1 Å². The smallest absolute Gasteiger partial charge is 0.216 e. The summed E-state index contributed by atoms with van der Waals surface area (Å²) >= 11 is 0. The molecular formula is C16H20N2O. The summed E-state index contributed by atoms with van der Waals surface area (Å²) in [7, 11) is 0. The Bertz CT molecular complexity index is 562. The Kier molecular flexibility index (Phi) is 3.65. The quantitative estimate of drug-likeness (QED) is 0.913. The fraction of sp³-hybridized carbons (Fsp3) is 0.438. The third-order valence-corrected chi connectivity index (χ3v) is 3.80. The fourth-order valence-corrected chi connectivity index (χ4v) is 2.63. The van der Waals surface area contributed by atoms with Crippen molar-refractivity contribution in [1.29, 1.82) is 0 Å². The second-order valence-corrected chi connectivity index (χ2v) is 5.30. The molecule has 1 N–H and O–H groups in total. The maximum Gasteiger partial charge on any atom is 0.216 e. The average molecular weight is 256 g/mol. The number of benzene rings is 1. The maximum absolute atomic E-state index is 5.87. The number of hydrogen-bond donors (Lipinski definition) is 1. The molecule has 0 amide bonds. The van der Waals surface area contributed by atoms with Crippen molar-refractivity contribution in [3.8, 4) is 5.88 Å². The molecule has 1 aliphatic rings. The highest BCUT2D eigenvalue weighted by Gasteiger charge is 2.14. The highest BCUT2D eigenvalue weighted by molar-refractivity contribution is 5.79. The second-order valence-electron chi connectivity index (χ2n) is 5.30. The van der Waals surface area contributed by atoms with Crippen molar-refractivity contribution in [1.82, 2.24) is 10.3 Å². The Labute approximate surface area is 114 Å². The van der Waals surface area contributed by atoms with Crippen LogP contribution >= 0.6 is 0 Å². The number of para-hydroxylation sites is 1. The van der Waals surface area contributed by atoms with E-state index in [2.05, 4.69) is 29.4 Å². The Morgan fingerprint density at radius 1 is 1.37 bits per heavy atom. The number of nitrogens with one attached hydrogen (secondary N) is 1. The molecule has 3 nitrogen and oxygen atoms in total. The molecule has 1 aromatic carbocycles. The largest absolute Gasteiger partial charge is 0.477 e. The Hall–Kier alpha value is -1.61. The lowest BCUT2D eigenvalue weighted by atomic mass is 10.1. The van der Waals surface area contributed by atoms with E-state index in [1.165, 1.54) is 11.8 Å². The summed E-state index contributed by atoms with van der Waals surface area (Å²) in [5.74, 6) is 1.55. The van der Waals surface area contributed by atoms with Gasteiger partial charge in [0.25, 0.3) is 0 Å². The summed E-state index contributed by atoms with van der Waals surface area (Å²) in [5.41, 5.74) is 2.12. The first kappa shape index (κ1) is 12.4. The summed E-state index contributed by atoms with van der Waals surface area (Å²) < 4.78 is 5.87. The van der Waals surface area contributed by atoms with Gasteiger partial charge in [-0.1, -0.05) is 18.2 Å². The molecule has 1 aliphatic heterocycles. The van der Waals surface area contributed by atoms with E-state index in [1.807, 2.05) is 18.2 Å². The zero-order valence-corrected chi connectivity index (χ0v) is 11.4. The molecule has 0 spiro atoms. The molecule has 100 valence electrons. The van der Waals surface area contributed by atoms with Gasteiger partial charge in [-0.2, -0.15) is 0 Å². The van der Waals surface area contributed by atoms with Crippen LogP contribution in [-0.2, 0) is 0 Å². The molecular weight excluding hydrogens is 236 g/mol. The molecule has 2 heterocycles. The topological polar surface area (TPSA) is 34.1 Å². The second kappa shape index (κ2) is 5.57. The van der Waals surface area contributed by atoms with Crippen molar-refractivity contribution in [3.05, 3.63) is 35.9 Å². The van der Waals surface area contributed by atoms with Crippen molar-refractivity contribution in [2.45, 2.75) is 19.8 Å². The summed E-state index contributed by atoms with van der Waals surface area (Å²) in [6.45, 7) is 5.11. The molecule has 2 aromatic rings. The zero-order chi connectivity index (χ0) is 13.1. The molecule has 0 aliphatic carbocycles. The van der Waals surface area contributed by atoms with Crippen molar-refractivity contribution < 1.29 is 4.74 Å². The SMILES string of the molecule is Cc1cc2ccccc2nc1OCCC1CCNC1. The van der Waals surface area contributed by atoms with E-state index < -0.39 is 0 Å². The molecule has 0 bridgehead atoms. The fourth-order valence-electron chi connectivity index (χ4n) is 2.63. The standard InChI is InChI=1S/C16H20N2O/c1-12-10-14-4-2-3-5-15(14)18-16(12)19-9-7-13-6-8-17-11-13/h2-5,10,13,17H,6-9,11H2,1H3. The molecule has 1 atom stereocenters. The molecule has 3 rings (SSSR count). The number of aryl methyl sites for hydroxylation is 1. The lowest BCUT2D eigenvalue weighted by Gasteiger charge is -2.11. The van der Waals surface area contributed by atoms with Crippen LogP contribution in [0.15, 0.2) is 30.3 Å². The van der Waals surface area contributed by atoms with Crippen LogP contribution in [0.25, 0.3) is 10.9 Å². The lowest BCUT2D eigenvalue weighted by Crippen LogP contribution is -2.12. The van der Waals surface area contributed by atoms with E-state index in [-0.39, 0.29) is 0 Å². The first-order valence-electron chi connectivity index (χ1n) is 7.03. The first-order chi connectivity index (χ1) is 9.33. The molecule has 0 saturated carbocycles. The predicted molar refractivity (Wildman–Crippen MR) is 77.6 cm³/mol. The molecule has 1 aromatic heterocycles. The number of fused-ring (bicyclic) bond motifs is 1. The van der Waals surface area contributed by atoms with Gasteiger partial charge in [0.05, 0.1) is 12.1 Å². The van der Waals surface area contributed by atoms with Crippen LogP contribution in [0.2, 0.25) is 0 Å². The lowest BCUT2D eigenvalue weighted by molar-refractivity contribution is 0.273. The minimum Gasteiger partial charge on any atom is -0.477 e. The van der Waals surface area contributed by atoms with E-state index in [4.69, 9.17) is 4.74 Å². The first-order valence-corrected chi connectivity index (χ1v) is 7.03. The van der Waals surface area contributed by atoms with Gasteiger partial charge < -0.3 is 10.1 Å². The minimum atomic E-state index is 0.762. The molecule has 3 heteroatoms. The molecule has 1 saturated heterocycles. The van der Waals surface area contributed by atoms with E-state index in [9.17, 15) is 0 Å². The Balaban J connectivity index is 1.67. The number of ether oxygens (including phenoxy) is 1. The summed E-state index contributed by atoms with van der Waals surface area (Å²) in [6, 6.07) is 10.3. The minimum absolute atomic E-state index is 0.762. The van der Waals surface area contributed by atoms with E-state index in [0.717, 1.165) is 49.0 Å². The van der Waals surface area contributed by atoms with E-state index >= 15 is 0 Å². The number of hydrogen-bond acceptors (Lipinski definition) is 3. The van der Waals surface area contributed by atoms with Gasteiger partial charge in [-0.3, -0.25) is 0 Å². The van der Waals surface area contributed by atoms with Crippen LogP contribution in [0.4, 0.5) is 0 Å². The summed E-state index contributed by atoms with van der Waals surface area (Å²) in [4.78, 5) is 4.60. The Morgan fingerprint density at radius 2 is 2.26 bits per heavy atom. The van der Waals surface area contributed by atoms with Gasteiger partial charge in [-0.15, -0.1) is 0 Å². The van der Waals surface area contributed by atoms with Gasteiger partial charge >= 0.3 is 0 Å². The monoisotopic (exact) mass is 256 g/mol. The van der Waals surface area contributed by atoms with E-state index in [1.54, 1.807) is 0 Å². The third kappa shape index (κ3) is 2.87. The van der Waals surface area contributed by atoms with Gasteiger partial charge in [-0.05, 0) is 50.9 Å². The van der Waals surface area contributed by atoms with Crippen LogP contribution in [0.1, 0.15) is 18.4 Å². The highest BCUT2D eigenvalue weighted by Crippen LogP contribution is 2.22. The van der Waals surface area contributed by atoms with Crippen LogP contribution in [0, 0.1) is 12.8 Å². The van der Waals surface area contributed by atoms with Crippen molar-refractivity contribution >= 4 is 10.9 Å². The van der Waals surface area contributed by atoms with Crippen molar-refractivity contribution in [3.63, 3.8) is 0 Å². The van der Waals surface area contributed by atoms with Gasteiger partial charge in [0.15, 0.2) is 0 Å². The maximum atomic E-state index is 5.87. The molecule has 1 unspecified atom stereocenters. The van der Waals surface area contributed by atoms with E-state index in [0.29, 0.717) is 0 Å². The third-order valence-electron chi connectivity index (χ3n) is 3.80. The Morgan fingerprint density at radius 3 is 3.11 bits per heavy atom. The number of pyridine rings is 1. The van der Waals surface area contributed by atoms with Gasteiger partial charge in [0, 0.05) is 10.9 Å². The normalized spacial score (nSPS) is 18.9. The van der Waals surface area contributed by atoms with Crippen LogP contribution in [-0.4, -0.2) is 24.7 Å². The average Bonchev–Trinajstić information content (AvgIpc) is 2.92. The molecule has 0 radical (unpaired) electrons. The van der Waals surface area contributed by atoms with Crippen LogP contribution in [0.3, 0.4) is 0 Å². The summed E-state index contributed by atoms with van der Waals surface area (Å²) in [5, 5.41) is 4.56. The number of aromatic nitrogens is 1. The number of rotatable bonds is 4. The van der Waals surface area contributed by atoms with Gasteiger partial charge in [0.1, 0.15) is 0 Å². The van der Waals surface area contributed by atoms with Crippen molar-refractivity contribution in [2.24, 2.45) is 5.92 Å². The molecule has 19 heavy (non-hydrogen) atoms. The zero-order valence-electron chi connectivity index (χ0n) is 11.4. The highest BCUT2D eigenvalue weighted by atomic mass is 16.5.